The number of aliphatic hydroxyl groups is 1. The van der Waals surface area contributed by atoms with Crippen molar-refractivity contribution in [3.63, 3.8) is 0 Å². The highest BCUT2D eigenvalue weighted by Crippen LogP contribution is 2.17. The molecule has 0 aromatic heterocycles. The Hall–Kier alpha value is -0.110. The van der Waals surface area contributed by atoms with E-state index in [4.69, 9.17) is 28.9 Å². The summed E-state index contributed by atoms with van der Waals surface area (Å²) < 4.78 is 22.4. The van der Waals surface area contributed by atoms with Crippen LogP contribution in [-0.2, 0) is 9.84 Å². The first kappa shape index (κ1) is 13.0. The van der Waals surface area contributed by atoms with E-state index in [9.17, 15) is 8.42 Å². The molecule has 0 radical (unpaired) electrons. The van der Waals surface area contributed by atoms with Crippen molar-refractivity contribution in [2.45, 2.75) is 11.4 Å². The average molecular weight is 273 g/mol. The molecule has 0 unspecified atom stereocenters. The van der Waals surface area contributed by atoms with Gasteiger partial charge in [0.05, 0.1) is 29.5 Å². The van der Waals surface area contributed by atoms with Crippen LogP contribution in [0.25, 0.3) is 0 Å². The van der Waals surface area contributed by atoms with Crippen molar-refractivity contribution in [3.8, 4) is 0 Å². The lowest BCUT2D eigenvalue weighted by Gasteiger charge is -2.16. The van der Waals surface area contributed by atoms with Crippen molar-refractivity contribution in [1.29, 1.82) is 0 Å². The first-order valence-electron chi connectivity index (χ1n) is 4.44. The minimum Gasteiger partial charge on any atom is -0.395 e. The molecule has 1 fully saturated rings. The zero-order valence-electron chi connectivity index (χ0n) is 7.94. The van der Waals surface area contributed by atoms with Gasteiger partial charge in [-0.3, -0.25) is 0 Å². The standard InChI is InChI=1S/C7H13ClN2O3S2/c8-5-3-15(12,13)4-6(5)10-7(14)9-1-2-11/h5-6,11H,1-4H2,(H2,9,10,14)/t5-,6-/m0/s1. The molecule has 0 aromatic carbocycles. The molecule has 1 aliphatic heterocycles. The van der Waals surface area contributed by atoms with E-state index in [2.05, 4.69) is 10.6 Å². The molecule has 2 atom stereocenters. The van der Waals surface area contributed by atoms with Crippen LogP contribution < -0.4 is 10.6 Å². The van der Waals surface area contributed by atoms with Crippen molar-refractivity contribution in [2.75, 3.05) is 24.7 Å². The number of halogens is 1. The summed E-state index contributed by atoms with van der Waals surface area (Å²) in [5, 5.41) is 13.9. The van der Waals surface area contributed by atoms with Crippen LogP contribution in [0.4, 0.5) is 0 Å². The second-order valence-corrected chi connectivity index (χ2v) is 6.45. The predicted molar refractivity (Wildman–Crippen MR) is 62.9 cm³/mol. The molecule has 3 N–H and O–H groups in total. The Morgan fingerprint density at radius 2 is 2.20 bits per heavy atom. The molecule has 0 aliphatic carbocycles. The summed E-state index contributed by atoms with van der Waals surface area (Å²) in [7, 11) is -3.04. The maximum Gasteiger partial charge on any atom is 0.166 e. The second kappa shape index (κ2) is 5.29. The molecule has 1 aliphatic rings. The molecular weight excluding hydrogens is 260 g/mol. The van der Waals surface area contributed by atoms with E-state index in [1.165, 1.54) is 0 Å². The highest BCUT2D eigenvalue weighted by Gasteiger charge is 2.36. The highest BCUT2D eigenvalue weighted by atomic mass is 35.5. The van der Waals surface area contributed by atoms with Crippen LogP contribution in [0.2, 0.25) is 0 Å². The van der Waals surface area contributed by atoms with E-state index >= 15 is 0 Å². The number of rotatable bonds is 3. The molecule has 0 aromatic rings. The Labute approximate surface area is 99.1 Å². The van der Waals surface area contributed by atoms with Gasteiger partial charge < -0.3 is 15.7 Å². The summed E-state index contributed by atoms with van der Waals surface area (Å²) in [5.41, 5.74) is 0. The lowest BCUT2D eigenvalue weighted by atomic mass is 10.2. The molecule has 1 heterocycles. The van der Waals surface area contributed by atoms with Crippen LogP contribution in [-0.4, -0.2) is 54.7 Å². The summed E-state index contributed by atoms with van der Waals surface area (Å²) in [6.45, 7) is 0.299. The number of sulfone groups is 1. The van der Waals surface area contributed by atoms with Crippen molar-refractivity contribution in [2.24, 2.45) is 0 Å². The van der Waals surface area contributed by atoms with E-state index in [1.807, 2.05) is 0 Å². The Bertz CT molecular complexity index is 333. The van der Waals surface area contributed by atoms with E-state index in [-0.39, 0.29) is 24.2 Å². The molecule has 0 saturated carbocycles. The number of hydrogen-bond acceptors (Lipinski definition) is 4. The summed E-state index contributed by atoms with van der Waals surface area (Å²) in [4.78, 5) is 0. The third-order valence-electron chi connectivity index (χ3n) is 2.00. The summed E-state index contributed by atoms with van der Waals surface area (Å²) in [6, 6.07) is -0.352. The van der Waals surface area contributed by atoms with Crippen LogP contribution in [0.5, 0.6) is 0 Å². The predicted octanol–water partition coefficient (Wildman–Crippen LogP) is -1.15. The van der Waals surface area contributed by atoms with Gasteiger partial charge in [-0.1, -0.05) is 0 Å². The topological polar surface area (TPSA) is 78.4 Å². The SMILES string of the molecule is O=S1(=O)C[C@H](NC(=S)NCCO)[C@@H](Cl)C1. The van der Waals surface area contributed by atoms with Crippen LogP contribution >= 0.6 is 23.8 Å². The summed E-state index contributed by atoms with van der Waals surface area (Å²) >= 11 is 10.8. The Morgan fingerprint density at radius 3 is 2.67 bits per heavy atom. The quantitative estimate of drug-likeness (QED) is 0.445. The molecule has 1 saturated heterocycles. The van der Waals surface area contributed by atoms with Crippen molar-refractivity contribution >= 4 is 38.8 Å². The monoisotopic (exact) mass is 272 g/mol. The Kier molecular flexibility index (Phi) is 4.57. The lowest BCUT2D eigenvalue weighted by molar-refractivity contribution is 0.300. The normalized spacial score (nSPS) is 28.7. The zero-order chi connectivity index (χ0) is 11.5. The minimum atomic E-state index is -3.04. The number of nitrogens with one attached hydrogen (secondary N) is 2. The third kappa shape index (κ3) is 4.10. The fourth-order valence-electron chi connectivity index (χ4n) is 1.33. The van der Waals surface area contributed by atoms with E-state index < -0.39 is 15.2 Å². The van der Waals surface area contributed by atoms with Gasteiger partial charge in [-0.15, -0.1) is 11.6 Å². The zero-order valence-corrected chi connectivity index (χ0v) is 10.3. The number of hydrogen-bond donors (Lipinski definition) is 3. The molecule has 0 bridgehead atoms. The van der Waals surface area contributed by atoms with Gasteiger partial charge in [-0.2, -0.15) is 0 Å². The number of thiocarbonyl (C=S) groups is 1. The van der Waals surface area contributed by atoms with Gasteiger partial charge in [-0.05, 0) is 12.2 Å². The third-order valence-corrected chi connectivity index (χ3v) is 4.63. The van der Waals surface area contributed by atoms with Crippen LogP contribution in [0, 0.1) is 0 Å². The molecule has 15 heavy (non-hydrogen) atoms. The first-order valence-corrected chi connectivity index (χ1v) is 7.11. The molecule has 88 valence electrons. The molecule has 0 amide bonds. The number of alkyl halides is 1. The van der Waals surface area contributed by atoms with Gasteiger partial charge in [0.1, 0.15) is 0 Å². The smallest absolute Gasteiger partial charge is 0.166 e. The van der Waals surface area contributed by atoms with E-state index in [0.717, 1.165) is 0 Å². The van der Waals surface area contributed by atoms with Crippen LogP contribution in [0.3, 0.4) is 0 Å². The van der Waals surface area contributed by atoms with Gasteiger partial charge in [0.15, 0.2) is 14.9 Å². The Morgan fingerprint density at radius 1 is 1.53 bits per heavy atom. The van der Waals surface area contributed by atoms with Crippen molar-refractivity contribution in [3.05, 3.63) is 0 Å². The molecule has 1 rings (SSSR count). The first-order chi connectivity index (χ1) is 6.94. The average Bonchev–Trinajstić information content (AvgIpc) is 2.36. The number of aliphatic hydroxyl groups excluding tert-OH is 1. The van der Waals surface area contributed by atoms with Crippen LogP contribution in [0.15, 0.2) is 0 Å². The molecular formula is C7H13ClN2O3S2. The van der Waals surface area contributed by atoms with Gasteiger partial charge in [-0.25, -0.2) is 8.42 Å². The molecule has 0 spiro atoms. The van der Waals surface area contributed by atoms with Crippen molar-refractivity contribution < 1.29 is 13.5 Å². The minimum absolute atomic E-state index is 0.00209. The molecule has 8 heteroatoms. The van der Waals surface area contributed by atoms with Gasteiger partial charge in [0, 0.05) is 6.54 Å². The van der Waals surface area contributed by atoms with E-state index in [1.54, 1.807) is 0 Å². The van der Waals surface area contributed by atoms with E-state index in [0.29, 0.717) is 11.7 Å². The second-order valence-electron chi connectivity index (χ2n) is 3.32. The summed E-state index contributed by atoms with van der Waals surface area (Å²) in [6.07, 6.45) is 0. The largest absolute Gasteiger partial charge is 0.395 e. The maximum absolute atomic E-state index is 11.2. The fourth-order valence-corrected chi connectivity index (χ4v) is 4.13. The van der Waals surface area contributed by atoms with Crippen LogP contribution in [0.1, 0.15) is 0 Å². The maximum atomic E-state index is 11.2. The van der Waals surface area contributed by atoms with Gasteiger partial charge >= 0.3 is 0 Å². The van der Waals surface area contributed by atoms with Crippen molar-refractivity contribution in [1.82, 2.24) is 10.6 Å². The summed E-state index contributed by atoms with van der Waals surface area (Å²) in [5.74, 6) is -0.0169. The Balaban J connectivity index is 2.43. The highest BCUT2D eigenvalue weighted by molar-refractivity contribution is 7.91. The van der Waals surface area contributed by atoms with Gasteiger partial charge in [0.2, 0.25) is 0 Å². The molecule has 5 nitrogen and oxygen atoms in total. The fraction of sp³-hybridized carbons (Fsp3) is 0.857. The lowest BCUT2D eigenvalue weighted by Crippen LogP contribution is -2.46. The van der Waals surface area contributed by atoms with Gasteiger partial charge in [0.25, 0.3) is 0 Å².